The van der Waals surface area contributed by atoms with Crippen LogP contribution in [0.25, 0.3) is 0 Å². The van der Waals surface area contributed by atoms with Crippen molar-refractivity contribution in [3.8, 4) is 0 Å². The molecule has 1 heterocycles. The van der Waals surface area contributed by atoms with E-state index in [9.17, 15) is 14.9 Å². The molecule has 1 aromatic rings. The molecule has 0 fully saturated rings. The first-order valence-electron chi connectivity index (χ1n) is 5.68. The van der Waals surface area contributed by atoms with Gasteiger partial charge in [-0.25, -0.2) is 4.79 Å². The molecule has 0 unspecified atom stereocenters. The molecule has 0 spiro atoms. The molecule has 2 rings (SSSR count). The highest BCUT2D eigenvalue weighted by Crippen LogP contribution is 2.35. The second kappa shape index (κ2) is 5.84. The molecule has 0 saturated carbocycles. The summed E-state index contributed by atoms with van der Waals surface area (Å²) in [7, 11) is 1.52. The van der Waals surface area contributed by atoms with Crippen molar-refractivity contribution in [1.82, 2.24) is 10.2 Å². The van der Waals surface area contributed by atoms with Gasteiger partial charge in [-0.15, -0.1) is 11.8 Å². The second-order valence-corrected chi connectivity index (χ2v) is 5.86. The summed E-state index contributed by atoms with van der Waals surface area (Å²) in [4.78, 5) is 24.1. The Kier molecular flexibility index (Phi) is 4.34. The zero-order valence-corrected chi connectivity index (χ0v) is 13.2. The van der Waals surface area contributed by atoms with Crippen LogP contribution in [0, 0.1) is 10.1 Å². The maximum atomic E-state index is 11.9. The number of rotatable bonds is 3. The first-order valence-corrected chi connectivity index (χ1v) is 7.69. The highest BCUT2D eigenvalue weighted by atomic mass is 79.9. The normalized spacial score (nSPS) is 19.1. The largest absolute Gasteiger partial charge is 0.323 e. The summed E-state index contributed by atoms with van der Waals surface area (Å²) in [6, 6.07) is 6.00. The Bertz CT molecular complexity index is 605. The van der Waals surface area contributed by atoms with Crippen LogP contribution >= 0.6 is 27.7 Å². The summed E-state index contributed by atoms with van der Waals surface area (Å²) in [5, 5.41) is 14.4. The Morgan fingerprint density at radius 3 is 2.75 bits per heavy atom. The van der Waals surface area contributed by atoms with Gasteiger partial charge in [0.1, 0.15) is 6.04 Å². The van der Waals surface area contributed by atoms with Gasteiger partial charge in [-0.2, -0.15) is 0 Å². The third-order valence-electron chi connectivity index (χ3n) is 2.94. The van der Waals surface area contributed by atoms with Crippen molar-refractivity contribution in [2.24, 2.45) is 0 Å². The van der Waals surface area contributed by atoms with Crippen molar-refractivity contribution in [2.45, 2.75) is 6.04 Å². The minimum atomic E-state index is -0.756. The summed E-state index contributed by atoms with van der Waals surface area (Å²) in [5.74, 6) is 0. The number of nitro groups is 1. The van der Waals surface area contributed by atoms with Crippen LogP contribution in [0.3, 0.4) is 0 Å². The lowest BCUT2D eigenvalue weighted by atomic mass is 10.0. The molecule has 20 heavy (non-hydrogen) atoms. The van der Waals surface area contributed by atoms with E-state index in [0.717, 1.165) is 4.47 Å². The number of carbonyl (C=O) groups excluding carboxylic acids is 1. The zero-order chi connectivity index (χ0) is 14.9. The first kappa shape index (κ1) is 14.9. The smallest absolute Gasteiger partial charge is 0.321 e. The van der Waals surface area contributed by atoms with E-state index in [2.05, 4.69) is 21.2 Å². The van der Waals surface area contributed by atoms with Crippen molar-refractivity contribution in [3.05, 3.63) is 55.1 Å². The molecule has 1 aliphatic heterocycles. The molecule has 1 aromatic carbocycles. The number of nitrogens with zero attached hydrogens (tertiary/aromatic N) is 2. The molecule has 1 atom stereocenters. The fourth-order valence-corrected chi connectivity index (χ4v) is 3.20. The van der Waals surface area contributed by atoms with Crippen LogP contribution in [0.5, 0.6) is 0 Å². The molecule has 0 bridgehead atoms. The van der Waals surface area contributed by atoms with Crippen molar-refractivity contribution < 1.29 is 9.72 Å². The average molecular weight is 358 g/mol. The van der Waals surface area contributed by atoms with Crippen molar-refractivity contribution >= 4 is 33.7 Å². The van der Waals surface area contributed by atoms with Gasteiger partial charge in [0.2, 0.25) is 0 Å². The van der Waals surface area contributed by atoms with Crippen molar-refractivity contribution in [2.75, 3.05) is 13.3 Å². The van der Waals surface area contributed by atoms with E-state index in [1.165, 1.54) is 23.7 Å². The number of halogens is 1. The summed E-state index contributed by atoms with van der Waals surface area (Å²) < 4.78 is 0.802. The quantitative estimate of drug-likeness (QED) is 0.666. The fourth-order valence-electron chi connectivity index (χ4n) is 2.03. The monoisotopic (exact) mass is 357 g/mol. The second-order valence-electron chi connectivity index (χ2n) is 4.15. The van der Waals surface area contributed by atoms with Gasteiger partial charge in [-0.1, -0.05) is 28.1 Å². The molecule has 8 heteroatoms. The maximum Gasteiger partial charge on any atom is 0.323 e. The van der Waals surface area contributed by atoms with E-state index < -0.39 is 11.0 Å². The number of carbonyl (C=O) groups is 1. The Labute approximate surface area is 128 Å². The third kappa shape index (κ3) is 2.66. The van der Waals surface area contributed by atoms with Crippen LogP contribution in [0.4, 0.5) is 4.79 Å². The topological polar surface area (TPSA) is 75.5 Å². The zero-order valence-electron chi connectivity index (χ0n) is 10.8. The Morgan fingerprint density at radius 1 is 1.50 bits per heavy atom. The molecule has 106 valence electrons. The van der Waals surface area contributed by atoms with Crippen LogP contribution in [0.1, 0.15) is 11.6 Å². The van der Waals surface area contributed by atoms with Crippen molar-refractivity contribution in [1.29, 1.82) is 0 Å². The number of hydrogen-bond acceptors (Lipinski definition) is 4. The molecule has 2 amide bonds. The summed E-state index contributed by atoms with van der Waals surface area (Å²) in [6.45, 7) is 0. The molecule has 0 saturated heterocycles. The van der Waals surface area contributed by atoms with Gasteiger partial charge in [0.15, 0.2) is 5.03 Å². The standard InChI is InChI=1S/C12H12BrN3O3S/c1-15-11(20-2)10(16(18)19)9(14-12(15)17)7-4-3-5-8(13)6-7/h3-6,9H,1-2H3,(H,14,17)/t9-/m0/s1. The molecule has 0 aromatic heterocycles. The number of benzene rings is 1. The molecule has 0 radical (unpaired) electrons. The van der Waals surface area contributed by atoms with Gasteiger partial charge in [-0.05, 0) is 24.0 Å². The van der Waals surface area contributed by atoms with Crippen LogP contribution in [-0.2, 0) is 0 Å². The Balaban J connectivity index is 2.58. The predicted octanol–water partition coefficient (Wildman–Crippen LogP) is 2.95. The minimum absolute atomic E-state index is 0.0160. The number of amides is 2. The van der Waals surface area contributed by atoms with Crippen LogP contribution < -0.4 is 5.32 Å². The van der Waals surface area contributed by atoms with Gasteiger partial charge in [0, 0.05) is 11.5 Å². The van der Waals surface area contributed by atoms with Gasteiger partial charge >= 0.3 is 11.7 Å². The lowest BCUT2D eigenvalue weighted by Gasteiger charge is -2.29. The number of hydrogen-bond donors (Lipinski definition) is 1. The maximum absolute atomic E-state index is 11.9. The molecule has 0 aliphatic carbocycles. The van der Waals surface area contributed by atoms with Crippen LogP contribution in [0.15, 0.2) is 39.5 Å². The summed E-state index contributed by atoms with van der Waals surface area (Å²) in [5.41, 5.74) is 0.650. The highest BCUT2D eigenvalue weighted by molar-refractivity contribution is 9.10. The van der Waals surface area contributed by atoms with Gasteiger partial charge in [-0.3, -0.25) is 15.0 Å². The van der Waals surface area contributed by atoms with E-state index in [1.807, 2.05) is 6.07 Å². The third-order valence-corrected chi connectivity index (χ3v) is 4.30. The van der Waals surface area contributed by atoms with Crippen molar-refractivity contribution in [3.63, 3.8) is 0 Å². The molecular weight excluding hydrogens is 346 g/mol. The Morgan fingerprint density at radius 2 is 2.20 bits per heavy atom. The van der Waals surface area contributed by atoms with E-state index in [4.69, 9.17) is 0 Å². The summed E-state index contributed by atoms with van der Waals surface area (Å²) >= 11 is 4.52. The number of nitrogens with one attached hydrogen (secondary N) is 1. The molecule has 1 N–H and O–H groups in total. The molecular formula is C12H12BrN3O3S. The van der Waals surface area contributed by atoms with Gasteiger partial charge < -0.3 is 5.32 Å². The number of thioether (sulfide) groups is 1. The summed E-state index contributed by atoms with van der Waals surface area (Å²) in [6.07, 6.45) is 1.71. The molecule has 1 aliphatic rings. The van der Waals surface area contributed by atoms with E-state index >= 15 is 0 Å². The highest BCUT2D eigenvalue weighted by Gasteiger charge is 2.39. The Hall–Kier alpha value is -1.54. The molecule has 6 nitrogen and oxygen atoms in total. The average Bonchev–Trinajstić information content (AvgIpc) is 2.40. The first-order chi connectivity index (χ1) is 9.45. The minimum Gasteiger partial charge on any atom is -0.321 e. The van der Waals surface area contributed by atoms with Crippen LogP contribution in [0.2, 0.25) is 0 Å². The van der Waals surface area contributed by atoms with E-state index in [1.54, 1.807) is 24.5 Å². The predicted molar refractivity (Wildman–Crippen MR) is 80.7 cm³/mol. The van der Waals surface area contributed by atoms with Crippen LogP contribution in [-0.4, -0.2) is 29.2 Å². The van der Waals surface area contributed by atoms with Gasteiger partial charge in [0.05, 0.1) is 4.92 Å². The lowest BCUT2D eigenvalue weighted by Crippen LogP contribution is -2.45. The SMILES string of the molecule is CSC1=C([N+](=O)[O-])[C@H](c2cccc(Br)c2)NC(=O)N1C. The van der Waals surface area contributed by atoms with E-state index in [-0.39, 0.29) is 11.7 Å². The lowest BCUT2D eigenvalue weighted by molar-refractivity contribution is -0.432. The van der Waals surface area contributed by atoms with Gasteiger partial charge in [0.25, 0.3) is 0 Å². The van der Waals surface area contributed by atoms with E-state index in [0.29, 0.717) is 10.6 Å². The number of urea groups is 1. The fraction of sp³-hybridized carbons (Fsp3) is 0.250.